The Hall–Kier alpha value is -3.11. The fourth-order valence-electron chi connectivity index (χ4n) is 3.73. The maximum Gasteiger partial charge on any atom is 0.279 e. The van der Waals surface area contributed by atoms with Gasteiger partial charge in [0.25, 0.3) is 11.4 Å². The Balaban J connectivity index is 1.73. The smallest absolute Gasteiger partial charge is 0.279 e. The van der Waals surface area contributed by atoms with E-state index in [0.29, 0.717) is 17.9 Å². The number of hydrogen-bond donors (Lipinski definition) is 0. The molecule has 5 rings (SSSR count). The molecule has 1 fully saturated rings. The third kappa shape index (κ3) is 2.83. The van der Waals surface area contributed by atoms with E-state index in [1.54, 1.807) is 16.5 Å². The number of fused-ring (bicyclic) bond motifs is 3. The van der Waals surface area contributed by atoms with Gasteiger partial charge in [0.05, 0.1) is 12.1 Å². The Morgan fingerprint density at radius 1 is 1.34 bits per heavy atom. The molecule has 3 aromatic heterocycles. The average Bonchev–Trinajstić information content (AvgIpc) is 3.47. The van der Waals surface area contributed by atoms with Crippen LogP contribution < -0.4 is 5.56 Å². The molecular weight excluding hydrogens is 381 g/mol. The summed E-state index contributed by atoms with van der Waals surface area (Å²) < 4.78 is 33.6. The first-order valence-electron chi connectivity index (χ1n) is 9.31. The Kier molecular flexibility index (Phi) is 4.36. The fraction of sp³-hybridized carbons (Fsp3) is 0.368. The van der Waals surface area contributed by atoms with E-state index in [0.717, 1.165) is 12.8 Å². The largest absolute Gasteiger partial charge is 0.383 e. The minimum atomic E-state index is -0.494. The standard InChI is InChI=1S/C19H18FN5O4/c1-27-9-7-24-15-11(20)4-2-5-12(15)25-10-21-14(16(25)19(24)26)18-22-17(23-29-18)13-6-3-8-28-13/h2,4-5,10,13H,3,6-9H2,1H3. The Morgan fingerprint density at radius 2 is 2.24 bits per heavy atom. The Morgan fingerprint density at radius 3 is 3.03 bits per heavy atom. The molecule has 0 N–H and O–H groups in total. The maximum absolute atomic E-state index is 14.6. The molecule has 0 amide bonds. The van der Waals surface area contributed by atoms with Crippen LogP contribution in [0.25, 0.3) is 28.1 Å². The Labute approximate surface area is 163 Å². The van der Waals surface area contributed by atoms with E-state index in [2.05, 4.69) is 15.1 Å². The first-order chi connectivity index (χ1) is 14.2. The van der Waals surface area contributed by atoms with E-state index < -0.39 is 11.4 Å². The number of imidazole rings is 1. The van der Waals surface area contributed by atoms with E-state index >= 15 is 0 Å². The third-order valence-electron chi connectivity index (χ3n) is 5.09. The highest BCUT2D eigenvalue weighted by Gasteiger charge is 2.26. The van der Waals surface area contributed by atoms with Crippen LogP contribution in [-0.4, -0.2) is 44.4 Å². The van der Waals surface area contributed by atoms with E-state index in [1.807, 2.05) is 0 Å². The van der Waals surface area contributed by atoms with Gasteiger partial charge >= 0.3 is 0 Å². The summed E-state index contributed by atoms with van der Waals surface area (Å²) in [6.45, 7) is 1.11. The summed E-state index contributed by atoms with van der Waals surface area (Å²) in [5.74, 6) is 0.0700. The average molecular weight is 399 g/mol. The zero-order chi connectivity index (χ0) is 20.0. The number of ether oxygens (including phenoxy) is 2. The van der Waals surface area contributed by atoms with Crippen molar-refractivity contribution in [3.63, 3.8) is 0 Å². The van der Waals surface area contributed by atoms with Crippen molar-refractivity contribution in [3.05, 3.63) is 46.5 Å². The lowest BCUT2D eigenvalue weighted by molar-refractivity contribution is 0.103. The molecule has 4 aromatic rings. The minimum Gasteiger partial charge on any atom is -0.383 e. The van der Waals surface area contributed by atoms with Crippen molar-refractivity contribution in [1.29, 1.82) is 0 Å². The van der Waals surface area contributed by atoms with Gasteiger partial charge in [-0.2, -0.15) is 4.98 Å². The van der Waals surface area contributed by atoms with Gasteiger partial charge in [-0.1, -0.05) is 11.2 Å². The van der Waals surface area contributed by atoms with Gasteiger partial charge in [-0.25, -0.2) is 9.37 Å². The highest BCUT2D eigenvalue weighted by Crippen LogP contribution is 2.29. The second-order valence-corrected chi connectivity index (χ2v) is 6.83. The van der Waals surface area contributed by atoms with Crippen LogP contribution in [0.2, 0.25) is 0 Å². The van der Waals surface area contributed by atoms with Crippen LogP contribution in [0.15, 0.2) is 33.8 Å². The molecule has 150 valence electrons. The molecule has 1 atom stereocenters. The van der Waals surface area contributed by atoms with E-state index in [-0.39, 0.29) is 41.9 Å². The maximum atomic E-state index is 14.6. The summed E-state index contributed by atoms with van der Waals surface area (Å²) in [7, 11) is 1.53. The molecule has 10 heteroatoms. The van der Waals surface area contributed by atoms with Crippen LogP contribution in [0, 0.1) is 5.82 Å². The van der Waals surface area contributed by atoms with Gasteiger partial charge in [0.1, 0.15) is 29.3 Å². The van der Waals surface area contributed by atoms with Crippen molar-refractivity contribution in [1.82, 2.24) is 24.1 Å². The zero-order valence-electron chi connectivity index (χ0n) is 15.7. The SMILES string of the molecule is COCCn1c(=O)c2c(-c3nc(C4CCCO4)no3)ncn2c2cccc(F)c21. The predicted octanol–water partition coefficient (Wildman–Crippen LogP) is 2.34. The molecule has 0 saturated carbocycles. The lowest BCUT2D eigenvalue weighted by Crippen LogP contribution is -2.25. The van der Waals surface area contributed by atoms with Gasteiger partial charge in [-0.05, 0) is 25.0 Å². The van der Waals surface area contributed by atoms with Crippen molar-refractivity contribution < 1.29 is 18.4 Å². The van der Waals surface area contributed by atoms with Crippen LogP contribution in [-0.2, 0) is 16.0 Å². The van der Waals surface area contributed by atoms with E-state index in [1.165, 1.54) is 24.1 Å². The van der Waals surface area contributed by atoms with Crippen molar-refractivity contribution >= 4 is 16.6 Å². The topological polar surface area (TPSA) is 96.7 Å². The summed E-state index contributed by atoms with van der Waals surface area (Å²) >= 11 is 0. The summed E-state index contributed by atoms with van der Waals surface area (Å²) in [6, 6.07) is 4.63. The molecule has 1 aliphatic rings. The second-order valence-electron chi connectivity index (χ2n) is 6.83. The van der Waals surface area contributed by atoms with Crippen molar-refractivity contribution in [2.24, 2.45) is 0 Å². The molecule has 4 heterocycles. The summed E-state index contributed by atoms with van der Waals surface area (Å²) in [5, 5.41) is 3.99. The van der Waals surface area contributed by atoms with Gasteiger partial charge in [0.2, 0.25) is 5.82 Å². The first kappa shape index (κ1) is 18.0. The fourth-order valence-corrected chi connectivity index (χ4v) is 3.73. The predicted molar refractivity (Wildman–Crippen MR) is 100 cm³/mol. The summed E-state index contributed by atoms with van der Waals surface area (Å²) in [4.78, 5) is 22.0. The number of aromatic nitrogens is 5. The normalized spacial score (nSPS) is 17.0. The van der Waals surface area contributed by atoms with Gasteiger partial charge in [-0.15, -0.1) is 0 Å². The van der Waals surface area contributed by atoms with Crippen molar-refractivity contribution in [2.75, 3.05) is 20.3 Å². The van der Waals surface area contributed by atoms with Crippen molar-refractivity contribution in [3.8, 4) is 11.6 Å². The second kappa shape index (κ2) is 7.05. The molecule has 1 aromatic carbocycles. The lowest BCUT2D eigenvalue weighted by Gasteiger charge is -2.12. The molecule has 29 heavy (non-hydrogen) atoms. The van der Waals surface area contributed by atoms with Gasteiger partial charge in [0.15, 0.2) is 5.69 Å². The summed E-state index contributed by atoms with van der Waals surface area (Å²) in [6.07, 6.45) is 3.00. The van der Waals surface area contributed by atoms with Crippen LogP contribution >= 0.6 is 0 Å². The molecule has 1 aliphatic heterocycles. The van der Waals surface area contributed by atoms with Crippen molar-refractivity contribution in [2.45, 2.75) is 25.5 Å². The van der Waals surface area contributed by atoms with E-state index in [4.69, 9.17) is 14.0 Å². The Bertz CT molecular complexity index is 1250. The molecular formula is C19H18FN5O4. The number of methoxy groups -OCH3 is 1. The number of hydrogen-bond acceptors (Lipinski definition) is 7. The summed E-state index contributed by atoms with van der Waals surface area (Å²) in [5.41, 5.74) is 0.778. The molecule has 0 aliphatic carbocycles. The minimum absolute atomic E-state index is 0.129. The number of rotatable bonds is 5. The number of nitrogens with zero attached hydrogens (tertiary/aromatic N) is 5. The quantitative estimate of drug-likeness (QED) is 0.508. The number of para-hydroxylation sites is 1. The monoisotopic (exact) mass is 399 g/mol. The molecule has 1 saturated heterocycles. The molecule has 1 unspecified atom stereocenters. The molecule has 0 spiro atoms. The van der Waals surface area contributed by atoms with Gasteiger partial charge < -0.3 is 18.6 Å². The van der Waals surface area contributed by atoms with Crippen LogP contribution in [0.5, 0.6) is 0 Å². The molecule has 9 nitrogen and oxygen atoms in total. The molecule has 0 bridgehead atoms. The zero-order valence-corrected chi connectivity index (χ0v) is 15.7. The first-order valence-corrected chi connectivity index (χ1v) is 9.31. The van der Waals surface area contributed by atoms with Gasteiger partial charge in [-0.3, -0.25) is 9.20 Å². The van der Waals surface area contributed by atoms with Crippen LogP contribution in [0.4, 0.5) is 4.39 Å². The number of benzene rings is 1. The lowest BCUT2D eigenvalue weighted by atomic mass is 10.2. The van der Waals surface area contributed by atoms with E-state index in [9.17, 15) is 9.18 Å². The third-order valence-corrected chi connectivity index (χ3v) is 5.09. The highest BCUT2D eigenvalue weighted by atomic mass is 19.1. The number of halogens is 1. The molecule has 0 radical (unpaired) electrons. The highest BCUT2D eigenvalue weighted by molar-refractivity contribution is 5.83. The van der Waals surface area contributed by atoms with Crippen LogP contribution in [0.1, 0.15) is 24.8 Å². The van der Waals surface area contributed by atoms with Crippen LogP contribution in [0.3, 0.4) is 0 Å². The van der Waals surface area contributed by atoms with Gasteiger partial charge in [0, 0.05) is 20.3 Å².